The molecule has 6 aliphatic rings. The van der Waals surface area contributed by atoms with Crippen LogP contribution in [0.1, 0.15) is 51.4 Å². The topological polar surface area (TPSA) is 57.7 Å². The van der Waals surface area contributed by atoms with Gasteiger partial charge < -0.3 is 4.90 Å². The van der Waals surface area contributed by atoms with Gasteiger partial charge in [0.25, 0.3) is 0 Å². The highest BCUT2D eigenvalue weighted by molar-refractivity contribution is 6.02. The maximum Gasteiger partial charge on any atom is 0.230 e. The van der Waals surface area contributed by atoms with Crippen molar-refractivity contribution in [3.8, 4) is 0 Å². The van der Waals surface area contributed by atoms with E-state index < -0.39 is 0 Å². The zero-order chi connectivity index (χ0) is 15.8. The van der Waals surface area contributed by atoms with Gasteiger partial charge in [0.2, 0.25) is 17.7 Å². The molecule has 5 heteroatoms. The van der Waals surface area contributed by atoms with Gasteiger partial charge >= 0.3 is 0 Å². The molecule has 0 aromatic carbocycles. The van der Waals surface area contributed by atoms with Crippen LogP contribution in [0.4, 0.5) is 0 Å². The van der Waals surface area contributed by atoms with Crippen LogP contribution in [0.2, 0.25) is 0 Å². The third-order valence-electron chi connectivity index (χ3n) is 7.10. The Balaban J connectivity index is 1.28. The molecule has 6 rings (SSSR count). The second kappa shape index (κ2) is 4.58. The van der Waals surface area contributed by atoms with Crippen LogP contribution in [0.15, 0.2) is 0 Å². The first-order valence-electron chi connectivity index (χ1n) is 9.18. The standard InChI is InChI=1S/C18H24N2O3/c21-15-1-2-16(22)20(15)14-9-19(10-14)17(23)18-6-11-3-12(7-18)5-13(4-11)8-18/h11-14H,1-10H2. The lowest BCUT2D eigenvalue weighted by Crippen LogP contribution is -2.66. The summed E-state index contributed by atoms with van der Waals surface area (Å²) in [5, 5.41) is 0. The predicted molar refractivity (Wildman–Crippen MR) is 82.1 cm³/mol. The average Bonchev–Trinajstić information content (AvgIpc) is 2.76. The van der Waals surface area contributed by atoms with Crippen molar-refractivity contribution in [1.29, 1.82) is 0 Å². The number of hydrogen-bond acceptors (Lipinski definition) is 3. The van der Waals surface area contributed by atoms with E-state index in [0.29, 0.717) is 31.8 Å². The molecular formula is C18H24N2O3. The lowest BCUT2D eigenvalue weighted by molar-refractivity contribution is -0.168. The molecule has 0 N–H and O–H groups in total. The molecule has 2 saturated heterocycles. The van der Waals surface area contributed by atoms with Crippen molar-refractivity contribution in [1.82, 2.24) is 9.80 Å². The van der Waals surface area contributed by atoms with Gasteiger partial charge in [-0.2, -0.15) is 0 Å². The third kappa shape index (κ3) is 1.94. The lowest BCUT2D eigenvalue weighted by Gasteiger charge is -2.58. The highest BCUT2D eigenvalue weighted by Crippen LogP contribution is 2.60. The zero-order valence-corrected chi connectivity index (χ0v) is 13.5. The minimum Gasteiger partial charge on any atom is -0.338 e. The highest BCUT2D eigenvalue weighted by atomic mass is 16.2. The van der Waals surface area contributed by atoms with Crippen LogP contribution in [-0.2, 0) is 14.4 Å². The molecule has 0 aromatic heterocycles. The van der Waals surface area contributed by atoms with E-state index in [2.05, 4.69) is 0 Å². The highest BCUT2D eigenvalue weighted by Gasteiger charge is 2.57. The minimum atomic E-state index is -0.0985. The summed E-state index contributed by atoms with van der Waals surface area (Å²) in [6, 6.07) is -0.0598. The Morgan fingerprint density at radius 2 is 1.35 bits per heavy atom. The number of carbonyl (C=O) groups is 3. The number of hydrogen-bond donors (Lipinski definition) is 0. The van der Waals surface area contributed by atoms with Crippen molar-refractivity contribution >= 4 is 17.7 Å². The Bertz CT molecular complexity index is 542. The van der Waals surface area contributed by atoms with Crippen LogP contribution >= 0.6 is 0 Å². The molecule has 124 valence electrons. The number of nitrogens with zero attached hydrogens (tertiary/aromatic N) is 2. The predicted octanol–water partition coefficient (Wildman–Crippen LogP) is 1.56. The van der Waals surface area contributed by atoms with Gasteiger partial charge in [0.1, 0.15) is 0 Å². The summed E-state index contributed by atoms with van der Waals surface area (Å²) in [6.07, 6.45) is 7.96. The molecule has 0 unspecified atom stereocenters. The van der Waals surface area contributed by atoms with E-state index in [0.717, 1.165) is 37.0 Å². The molecule has 0 atom stereocenters. The first-order chi connectivity index (χ1) is 11.0. The molecule has 0 spiro atoms. The lowest BCUT2D eigenvalue weighted by atomic mass is 9.49. The molecule has 23 heavy (non-hydrogen) atoms. The molecule has 4 aliphatic carbocycles. The van der Waals surface area contributed by atoms with Crippen molar-refractivity contribution in [2.75, 3.05) is 13.1 Å². The number of likely N-dealkylation sites (tertiary alicyclic amines) is 2. The fourth-order valence-electron chi connectivity index (χ4n) is 6.49. The van der Waals surface area contributed by atoms with Crippen molar-refractivity contribution < 1.29 is 14.4 Å². The Morgan fingerprint density at radius 3 is 1.83 bits per heavy atom. The van der Waals surface area contributed by atoms with Gasteiger partial charge in [-0.25, -0.2) is 0 Å². The molecule has 0 aromatic rings. The molecule has 5 nitrogen and oxygen atoms in total. The SMILES string of the molecule is O=C1CCC(=O)N1C1CN(C(=O)C23CC4CC(CC(C4)C2)C3)C1. The monoisotopic (exact) mass is 316 g/mol. The van der Waals surface area contributed by atoms with Crippen LogP contribution < -0.4 is 0 Å². The Labute approximate surface area is 136 Å². The fraction of sp³-hybridized carbons (Fsp3) is 0.833. The van der Waals surface area contributed by atoms with Gasteiger partial charge in [0.05, 0.1) is 11.5 Å². The first-order valence-corrected chi connectivity index (χ1v) is 9.18. The van der Waals surface area contributed by atoms with Gasteiger partial charge in [0, 0.05) is 25.9 Å². The molecule has 2 heterocycles. The van der Waals surface area contributed by atoms with E-state index >= 15 is 0 Å². The first kappa shape index (κ1) is 14.0. The summed E-state index contributed by atoms with van der Waals surface area (Å²) in [6.45, 7) is 1.14. The third-order valence-corrected chi connectivity index (χ3v) is 7.10. The molecule has 4 saturated carbocycles. The number of rotatable bonds is 2. The summed E-state index contributed by atoms with van der Waals surface area (Å²) in [5.74, 6) is 2.52. The van der Waals surface area contributed by atoms with Crippen molar-refractivity contribution in [3.05, 3.63) is 0 Å². The summed E-state index contributed by atoms with van der Waals surface area (Å²) in [4.78, 5) is 40.1. The van der Waals surface area contributed by atoms with Crippen LogP contribution in [0.3, 0.4) is 0 Å². The van der Waals surface area contributed by atoms with Gasteiger partial charge in [0.15, 0.2) is 0 Å². The molecule has 4 bridgehead atoms. The van der Waals surface area contributed by atoms with E-state index in [1.807, 2.05) is 4.90 Å². The summed E-state index contributed by atoms with van der Waals surface area (Å²) in [5.41, 5.74) is -0.0985. The fourth-order valence-corrected chi connectivity index (χ4v) is 6.49. The normalized spacial score (nSPS) is 42.5. The molecule has 6 fully saturated rings. The number of imide groups is 1. The number of carbonyl (C=O) groups excluding carboxylic acids is 3. The molecular weight excluding hydrogens is 292 g/mol. The number of amides is 3. The van der Waals surface area contributed by atoms with E-state index in [9.17, 15) is 14.4 Å². The maximum atomic E-state index is 13.1. The quantitative estimate of drug-likeness (QED) is 0.727. The van der Waals surface area contributed by atoms with Gasteiger partial charge in [-0.3, -0.25) is 19.3 Å². The summed E-state index contributed by atoms with van der Waals surface area (Å²) in [7, 11) is 0. The van der Waals surface area contributed by atoms with Crippen molar-refractivity contribution in [2.45, 2.75) is 57.4 Å². The van der Waals surface area contributed by atoms with Crippen LogP contribution in [0.5, 0.6) is 0 Å². The molecule has 3 amide bonds. The smallest absolute Gasteiger partial charge is 0.230 e. The van der Waals surface area contributed by atoms with E-state index in [1.54, 1.807) is 0 Å². The van der Waals surface area contributed by atoms with Crippen LogP contribution in [-0.4, -0.2) is 46.7 Å². The molecule has 0 radical (unpaired) electrons. The summed E-state index contributed by atoms with van der Waals surface area (Å²) < 4.78 is 0. The molecule has 2 aliphatic heterocycles. The second-order valence-electron chi connectivity index (χ2n) is 8.72. The average molecular weight is 316 g/mol. The van der Waals surface area contributed by atoms with Crippen molar-refractivity contribution in [2.24, 2.45) is 23.2 Å². The Hall–Kier alpha value is -1.39. The maximum absolute atomic E-state index is 13.1. The van der Waals surface area contributed by atoms with Gasteiger partial charge in [-0.05, 0) is 56.3 Å². The van der Waals surface area contributed by atoms with Gasteiger partial charge in [-0.15, -0.1) is 0 Å². The van der Waals surface area contributed by atoms with Crippen LogP contribution in [0, 0.1) is 23.2 Å². The largest absolute Gasteiger partial charge is 0.338 e. The zero-order valence-electron chi connectivity index (χ0n) is 13.5. The van der Waals surface area contributed by atoms with E-state index in [-0.39, 0.29) is 23.3 Å². The van der Waals surface area contributed by atoms with Crippen molar-refractivity contribution in [3.63, 3.8) is 0 Å². The van der Waals surface area contributed by atoms with E-state index in [1.165, 1.54) is 24.2 Å². The summed E-state index contributed by atoms with van der Waals surface area (Å²) >= 11 is 0. The van der Waals surface area contributed by atoms with E-state index in [4.69, 9.17) is 0 Å². The van der Waals surface area contributed by atoms with Gasteiger partial charge in [-0.1, -0.05) is 0 Å². The van der Waals surface area contributed by atoms with Crippen LogP contribution in [0.25, 0.3) is 0 Å². The Morgan fingerprint density at radius 1 is 0.870 bits per heavy atom. The minimum absolute atomic E-state index is 0.0538. The Kier molecular flexibility index (Phi) is 2.79. The second-order valence-corrected chi connectivity index (χ2v) is 8.72.